The Morgan fingerprint density at radius 1 is 1.24 bits per heavy atom. The van der Waals surface area contributed by atoms with Crippen LogP contribution in [0.4, 0.5) is 0 Å². The molecule has 2 rings (SSSR count). The topological polar surface area (TPSA) is 18.5 Å². The lowest BCUT2D eigenvalue weighted by Gasteiger charge is -2.47. The van der Waals surface area contributed by atoms with Gasteiger partial charge in [0.1, 0.15) is 0 Å². The van der Waals surface area contributed by atoms with E-state index in [1.807, 2.05) is 0 Å². The maximum Gasteiger partial charge on any atom is 0.457 e. The lowest BCUT2D eigenvalue weighted by Crippen LogP contribution is -2.48. The maximum atomic E-state index is 6.15. The third kappa shape index (κ3) is 2.41. The summed E-state index contributed by atoms with van der Waals surface area (Å²) >= 11 is 0. The predicted molar refractivity (Wildman–Crippen MR) is 71.9 cm³/mol. The Morgan fingerprint density at radius 3 is 2.47 bits per heavy atom. The second-order valence-electron chi connectivity index (χ2n) is 7.08. The third-order valence-electron chi connectivity index (χ3n) is 5.19. The van der Waals surface area contributed by atoms with Crippen LogP contribution in [-0.2, 0) is 9.31 Å². The molecule has 3 heteroatoms. The summed E-state index contributed by atoms with van der Waals surface area (Å²) in [4.78, 5) is 0. The minimum Gasteiger partial charge on any atom is -0.406 e. The Balaban J connectivity index is 2.06. The molecule has 1 aliphatic heterocycles. The molecule has 2 nitrogen and oxygen atoms in total. The third-order valence-corrected chi connectivity index (χ3v) is 5.19. The van der Waals surface area contributed by atoms with Gasteiger partial charge in [-0.2, -0.15) is 0 Å². The lowest BCUT2D eigenvalue weighted by atomic mass is 9.61. The van der Waals surface area contributed by atoms with E-state index < -0.39 is 0 Å². The molecule has 0 amide bonds. The molecule has 0 aromatic heterocycles. The molecule has 1 saturated carbocycles. The summed E-state index contributed by atoms with van der Waals surface area (Å²) in [6.45, 7) is 13.9. The van der Waals surface area contributed by atoms with Crippen molar-refractivity contribution in [3.63, 3.8) is 0 Å². The van der Waals surface area contributed by atoms with Crippen molar-refractivity contribution in [1.82, 2.24) is 0 Å². The summed E-state index contributed by atoms with van der Waals surface area (Å²) < 4.78 is 12.2. The number of rotatable bonds is 2. The highest BCUT2D eigenvalue weighted by molar-refractivity contribution is 6.45. The van der Waals surface area contributed by atoms with Crippen molar-refractivity contribution in [2.45, 2.75) is 66.5 Å². The molecule has 4 atom stereocenters. The first-order valence-electron chi connectivity index (χ1n) is 7.13. The van der Waals surface area contributed by atoms with E-state index in [2.05, 4.69) is 41.5 Å². The number of hydrogen-bond donors (Lipinski definition) is 0. The van der Waals surface area contributed by atoms with E-state index in [1.54, 1.807) is 0 Å². The van der Waals surface area contributed by atoms with Gasteiger partial charge < -0.3 is 9.31 Å². The summed E-state index contributed by atoms with van der Waals surface area (Å²) in [5.41, 5.74) is 0.358. The molecule has 1 saturated heterocycles. The van der Waals surface area contributed by atoms with Crippen molar-refractivity contribution in [2.24, 2.45) is 23.2 Å². The summed E-state index contributed by atoms with van der Waals surface area (Å²) in [5.74, 6) is 1.93. The van der Waals surface area contributed by atoms with Crippen LogP contribution in [0.1, 0.15) is 48.0 Å². The Bertz CT molecular complexity index is 277. The zero-order chi connectivity index (χ0) is 12.8. The predicted octanol–water partition coefficient (Wildman–Crippen LogP) is 3.62. The monoisotopic (exact) mass is 238 g/mol. The zero-order valence-electron chi connectivity index (χ0n) is 12.2. The van der Waals surface area contributed by atoms with Crippen molar-refractivity contribution in [3.8, 4) is 0 Å². The van der Waals surface area contributed by atoms with E-state index in [1.165, 1.54) is 0 Å². The largest absolute Gasteiger partial charge is 0.457 e. The minimum absolute atomic E-state index is 0.0357. The van der Waals surface area contributed by atoms with Crippen LogP contribution in [0, 0.1) is 23.2 Å². The van der Waals surface area contributed by atoms with Crippen LogP contribution in [0.5, 0.6) is 0 Å². The molecule has 1 aliphatic carbocycles. The quantitative estimate of drug-likeness (QED) is 0.684. The highest BCUT2D eigenvalue weighted by atomic mass is 16.7. The normalized spacial score (nSPS) is 40.8. The second-order valence-corrected chi connectivity index (χ2v) is 7.08. The highest BCUT2D eigenvalue weighted by Crippen LogP contribution is 2.49. The molecule has 1 heterocycles. The summed E-state index contributed by atoms with van der Waals surface area (Å²) in [7, 11) is 0.0357. The van der Waals surface area contributed by atoms with Gasteiger partial charge in [-0.15, -0.1) is 0 Å². The van der Waals surface area contributed by atoms with E-state index in [-0.39, 0.29) is 7.12 Å². The smallest absolute Gasteiger partial charge is 0.406 e. The molecule has 0 N–H and O–H groups in total. The minimum atomic E-state index is 0.0357. The van der Waals surface area contributed by atoms with Gasteiger partial charge in [0.15, 0.2) is 0 Å². The maximum absolute atomic E-state index is 6.15. The first-order chi connectivity index (χ1) is 7.82. The molecule has 0 spiro atoms. The number of fused-ring (bicyclic) bond motifs is 1. The van der Waals surface area contributed by atoms with Crippen LogP contribution in [0.2, 0.25) is 6.32 Å². The fourth-order valence-corrected chi connectivity index (χ4v) is 3.22. The van der Waals surface area contributed by atoms with E-state index >= 15 is 0 Å². The number of hydrogen-bond acceptors (Lipinski definition) is 2. The molecule has 0 bridgehead atoms. The van der Waals surface area contributed by atoms with Crippen molar-refractivity contribution >= 4 is 7.12 Å². The molecule has 2 unspecified atom stereocenters. The SMILES string of the molecule is CC(C)CB1O[C@@H]2CC(C)C(C)(C)C(C)[C@@H]2O1. The van der Waals surface area contributed by atoms with Gasteiger partial charge in [0.2, 0.25) is 0 Å². The van der Waals surface area contributed by atoms with Crippen LogP contribution in [0.25, 0.3) is 0 Å². The summed E-state index contributed by atoms with van der Waals surface area (Å²) in [6, 6.07) is 0. The van der Waals surface area contributed by atoms with Gasteiger partial charge in [-0.3, -0.25) is 0 Å². The Labute approximate surface area is 107 Å². The molecule has 0 aromatic carbocycles. The summed E-state index contributed by atoms with van der Waals surface area (Å²) in [6.07, 6.45) is 2.81. The van der Waals surface area contributed by atoms with Crippen LogP contribution in [-0.4, -0.2) is 19.3 Å². The Hall–Kier alpha value is -0.0151. The van der Waals surface area contributed by atoms with Crippen LogP contribution in [0.15, 0.2) is 0 Å². The van der Waals surface area contributed by atoms with Gasteiger partial charge in [-0.1, -0.05) is 41.5 Å². The van der Waals surface area contributed by atoms with Gasteiger partial charge in [0.25, 0.3) is 0 Å². The fraction of sp³-hybridized carbons (Fsp3) is 1.00. The Morgan fingerprint density at radius 2 is 1.88 bits per heavy atom. The second kappa shape index (κ2) is 4.58. The molecular formula is C14H27BO2. The summed E-state index contributed by atoms with van der Waals surface area (Å²) in [5, 5.41) is 0. The highest BCUT2D eigenvalue weighted by Gasteiger charge is 2.52. The molecule has 2 aliphatic rings. The fourth-order valence-electron chi connectivity index (χ4n) is 3.22. The molecule has 0 radical (unpaired) electrons. The van der Waals surface area contributed by atoms with Gasteiger partial charge in [-0.05, 0) is 35.9 Å². The van der Waals surface area contributed by atoms with E-state index in [0.29, 0.717) is 35.4 Å². The van der Waals surface area contributed by atoms with Gasteiger partial charge in [-0.25, -0.2) is 0 Å². The van der Waals surface area contributed by atoms with Gasteiger partial charge in [0.05, 0.1) is 12.2 Å². The molecule has 98 valence electrons. The van der Waals surface area contributed by atoms with Crippen LogP contribution >= 0.6 is 0 Å². The lowest BCUT2D eigenvalue weighted by molar-refractivity contribution is -0.0453. The van der Waals surface area contributed by atoms with Crippen molar-refractivity contribution in [2.75, 3.05) is 0 Å². The van der Waals surface area contributed by atoms with Gasteiger partial charge in [0, 0.05) is 0 Å². The van der Waals surface area contributed by atoms with Crippen molar-refractivity contribution in [3.05, 3.63) is 0 Å². The zero-order valence-corrected chi connectivity index (χ0v) is 12.2. The standard InChI is InChI=1S/C14H27BO2/c1-9(2)8-15-16-12-7-10(3)14(5,6)11(4)13(12)17-15/h9-13H,7-8H2,1-6H3/t10?,11?,12-,13+/m1/s1. The van der Waals surface area contributed by atoms with E-state index in [0.717, 1.165) is 12.7 Å². The molecular weight excluding hydrogens is 211 g/mol. The average molecular weight is 238 g/mol. The van der Waals surface area contributed by atoms with Crippen LogP contribution in [0.3, 0.4) is 0 Å². The first kappa shape index (κ1) is 13.4. The average Bonchev–Trinajstić information content (AvgIpc) is 2.57. The Kier molecular flexibility index (Phi) is 3.62. The van der Waals surface area contributed by atoms with Crippen molar-refractivity contribution in [1.29, 1.82) is 0 Å². The van der Waals surface area contributed by atoms with E-state index in [4.69, 9.17) is 9.31 Å². The molecule has 0 aromatic rings. The van der Waals surface area contributed by atoms with Crippen LogP contribution < -0.4 is 0 Å². The van der Waals surface area contributed by atoms with Gasteiger partial charge >= 0.3 is 7.12 Å². The van der Waals surface area contributed by atoms with Crippen molar-refractivity contribution < 1.29 is 9.31 Å². The molecule has 17 heavy (non-hydrogen) atoms. The first-order valence-corrected chi connectivity index (χ1v) is 7.13. The van der Waals surface area contributed by atoms with E-state index in [9.17, 15) is 0 Å². The molecule has 2 fully saturated rings.